The minimum atomic E-state index is -4.02. The van der Waals surface area contributed by atoms with Crippen molar-refractivity contribution in [1.29, 1.82) is 0 Å². The third kappa shape index (κ3) is 3.46. The van der Waals surface area contributed by atoms with Crippen molar-refractivity contribution in [2.75, 3.05) is 0 Å². The van der Waals surface area contributed by atoms with Gasteiger partial charge < -0.3 is 10.2 Å². The SMILES string of the molecule is Cc1cnc(C(C)NS(=O)(=O)c2ccc(CN)cc2F)o1. The summed E-state index contributed by atoms with van der Waals surface area (Å²) in [6, 6.07) is 3.05. The molecule has 1 aromatic carbocycles. The van der Waals surface area contributed by atoms with E-state index in [1.807, 2.05) is 0 Å². The van der Waals surface area contributed by atoms with Crippen LogP contribution in [0.2, 0.25) is 0 Å². The van der Waals surface area contributed by atoms with Crippen molar-refractivity contribution in [1.82, 2.24) is 9.71 Å². The lowest BCUT2D eigenvalue weighted by Gasteiger charge is -2.12. The number of nitrogens with one attached hydrogen (secondary N) is 1. The van der Waals surface area contributed by atoms with E-state index in [1.165, 1.54) is 18.3 Å². The molecule has 0 amide bonds. The Bertz CT molecular complexity index is 743. The Morgan fingerprint density at radius 1 is 1.48 bits per heavy atom. The zero-order valence-electron chi connectivity index (χ0n) is 11.6. The Balaban J connectivity index is 2.26. The van der Waals surface area contributed by atoms with Crippen LogP contribution in [0, 0.1) is 12.7 Å². The summed E-state index contributed by atoms with van der Waals surface area (Å²) in [7, 11) is -4.02. The van der Waals surface area contributed by atoms with Crippen molar-refractivity contribution in [2.45, 2.75) is 31.3 Å². The van der Waals surface area contributed by atoms with Gasteiger partial charge >= 0.3 is 0 Å². The predicted molar refractivity (Wildman–Crippen MR) is 74.3 cm³/mol. The molecular formula is C13H16FN3O3S. The highest BCUT2D eigenvalue weighted by Crippen LogP contribution is 2.20. The number of aryl methyl sites for hydroxylation is 1. The Morgan fingerprint density at radius 2 is 2.19 bits per heavy atom. The maximum atomic E-state index is 13.9. The summed E-state index contributed by atoms with van der Waals surface area (Å²) in [5.74, 6) is -0.0641. The van der Waals surface area contributed by atoms with Gasteiger partial charge in [-0.15, -0.1) is 0 Å². The molecule has 21 heavy (non-hydrogen) atoms. The average molecular weight is 313 g/mol. The molecule has 0 fully saturated rings. The fourth-order valence-corrected chi connectivity index (χ4v) is 3.06. The number of nitrogens with two attached hydrogens (primary N) is 1. The molecule has 0 aliphatic carbocycles. The van der Waals surface area contributed by atoms with Crippen LogP contribution in [0.1, 0.15) is 30.2 Å². The normalized spacial score (nSPS) is 13.3. The van der Waals surface area contributed by atoms with E-state index in [0.717, 1.165) is 6.07 Å². The minimum Gasteiger partial charge on any atom is -0.444 e. The van der Waals surface area contributed by atoms with Crippen LogP contribution >= 0.6 is 0 Å². The molecule has 1 atom stereocenters. The Hall–Kier alpha value is -1.77. The van der Waals surface area contributed by atoms with Crippen LogP contribution in [0.5, 0.6) is 0 Å². The number of benzene rings is 1. The van der Waals surface area contributed by atoms with Crippen LogP contribution < -0.4 is 10.5 Å². The van der Waals surface area contributed by atoms with Gasteiger partial charge in [-0.3, -0.25) is 0 Å². The van der Waals surface area contributed by atoms with Gasteiger partial charge in [-0.2, -0.15) is 4.72 Å². The second-order valence-corrected chi connectivity index (χ2v) is 6.30. The lowest BCUT2D eigenvalue weighted by Crippen LogP contribution is -2.28. The molecule has 0 bridgehead atoms. The summed E-state index contributed by atoms with van der Waals surface area (Å²) in [5, 5.41) is 0. The molecule has 6 nitrogen and oxygen atoms in total. The topological polar surface area (TPSA) is 98.2 Å². The molecule has 0 aliphatic heterocycles. The lowest BCUT2D eigenvalue weighted by molar-refractivity contribution is 0.427. The van der Waals surface area contributed by atoms with Crippen molar-refractivity contribution >= 4 is 10.0 Å². The lowest BCUT2D eigenvalue weighted by atomic mass is 10.2. The van der Waals surface area contributed by atoms with Crippen LogP contribution in [-0.2, 0) is 16.6 Å². The minimum absolute atomic E-state index is 0.136. The van der Waals surface area contributed by atoms with E-state index >= 15 is 0 Å². The fourth-order valence-electron chi connectivity index (χ4n) is 1.81. The van der Waals surface area contributed by atoms with Crippen molar-refractivity contribution in [3.05, 3.63) is 47.4 Å². The molecule has 0 saturated heterocycles. The van der Waals surface area contributed by atoms with Crippen LogP contribution in [0.3, 0.4) is 0 Å². The summed E-state index contributed by atoms with van der Waals surface area (Å²) in [4.78, 5) is 3.50. The molecule has 0 aliphatic rings. The molecular weight excluding hydrogens is 297 g/mol. The molecule has 2 rings (SSSR count). The summed E-state index contributed by atoms with van der Waals surface area (Å²) in [5.41, 5.74) is 5.90. The molecule has 0 spiro atoms. The number of hydrogen-bond acceptors (Lipinski definition) is 5. The van der Waals surface area contributed by atoms with Crippen molar-refractivity contribution in [3.8, 4) is 0 Å². The number of hydrogen-bond donors (Lipinski definition) is 2. The van der Waals surface area contributed by atoms with Gasteiger partial charge in [-0.05, 0) is 31.5 Å². The fraction of sp³-hybridized carbons (Fsp3) is 0.308. The van der Waals surface area contributed by atoms with Gasteiger partial charge in [0, 0.05) is 6.54 Å². The van der Waals surface area contributed by atoms with Gasteiger partial charge in [0.25, 0.3) is 0 Å². The Kier molecular flexibility index (Phi) is 4.40. The molecule has 8 heteroatoms. The number of halogens is 1. The van der Waals surface area contributed by atoms with Crippen LogP contribution in [0.4, 0.5) is 4.39 Å². The number of oxazole rings is 1. The van der Waals surface area contributed by atoms with E-state index in [0.29, 0.717) is 11.3 Å². The molecule has 1 aromatic heterocycles. The zero-order valence-corrected chi connectivity index (χ0v) is 12.4. The summed E-state index contributed by atoms with van der Waals surface area (Å²) < 4.78 is 45.8. The second-order valence-electron chi connectivity index (χ2n) is 4.62. The van der Waals surface area contributed by atoms with E-state index in [-0.39, 0.29) is 12.4 Å². The highest BCUT2D eigenvalue weighted by molar-refractivity contribution is 7.89. The second kappa shape index (κ2) is 5.92. The van der Waals surface area contributed by atoms with Gasteiger partial charge in [0.1, 0.15) is 16.5 Å². The largest absolute Gasteiger partial charge is 0.444 e. The summed E-state index contributed by atoms with van der Waals surface area (Å²) in [6.45, 7) is 3.40. The highest BCUT2D eigenvalue weighted by Gasteiger charge is 2.24. The monoisotopic (exact) mass is 313 g/mol. The van der Waals surface area contributed by atoms with E-state index in [4.69, 9.17) is 10.2 Å². The van der Waals surface area contributed by atoms with Gasteiger partial charge in [0.15, 0.2) is 0 Å². The first-order chi connectivity index (χ1) is 9.83. The number of aromatic nitrogens is 1. The van der Waals surface area contributed by atoms with E-state index in [2.05, 4.69) is 9.71 Å². The average Bonchev–Trinajstić information content (AvgIpc) is 2.84. The van der Waals surface area contributed by atoms with Gasteiger partial charge in [-0.1, -0.05) is 6.07 Å². The van der Waals surface area contributed by atoms with Crippen molar-refractivity contribution in [3.63, 3.8) is 0 Å². The molecule has 3 N–H and O–H groups in total. The quantitative estimate of drug-likeness (QED) is 0.874. The first-order valence-corrected chi connectivity index (χ1v) is 7.75. The van der Waals surface area contributed by atoms with Gasteiger partial charge in [-0.25, -0.2) is 17.8 Å². The molecule has 114 valence electrons. The third-order valence-corrected chi connectivity index (χ3v) is 4.44. The first kappa shape index (κ1) is 15.6. The van der Waals surface area contributed by atoms with Crippen molar-refractivity contribution in [2.24, 2.45) is 5.73 Å². The summed E-state index contributed by atoms with van der Waals surface area (Å²) >= 11 is 0. The third-order valence-electron chi connectivity index (χ3n) is 2.86. The molecule has 1 unspecified atom stereocenters. The van der Waals surface area contributed by atoms with Gasteiger partial charge in [0.2, 0.25) is 15.9 Å². The van der Waals surface area contributed by atoms with Crippen molar-refractivity contribution < 1.29 is 17.2 Å². The standard InChI is InChI=1S/C13H16FN3O3S/c1-8-7-16-13(20-8)9(2)17-21(18,19)12-4-3-10(6-15)5-11(12)14/h3-5,7,9,17H,6,15H2,1-2H3. The van der Waals surface area contributed by atoms with Crippen LogP contribution in [0.25, 0.3) is 0 Å². The number of rotatable bonds is 5. The predicted octanol–water partition coefficient (Wildman–Crippen LogP) is 1.62. The van der Waals surface area contributed by atoms with E-state index in [1.54, 1.807) is 13.8 Å². The maximum Gasteiger partial charge on any atom is 0.244 e. The molecule has 2 aromatic rings. The van der Waals surface area contributed by atoms with Crippen LogP contribution in [-0.4, -0.2) is 13.4 Å². The van der Waals surface area contributed by atoms with Crippen LogP contribution in [0.15, 0.2) is 33.7 Å². The van der Waals surface area contributed by atoms with Gasteiger partial charge in [0.05, 0.1) is 12.2 Å². The zero-order chi connectivity index (χ0) is 15.6. The molecule has 0 saturated carbocycles. The summed E-state index contributed by atoms with van der Waals surface area (Å²) in [6.07, 6.45) is 1.48. The Labute approximate surface area is 122 Å². The number of sulfonamides is 1. The molecule has 0 radical (unpaired) electrons. The smallest absolute Gasteiger partial charge is 0.244 e. The Morgan fingerprint density at radius 3 is 2.71 bits per heavy atom. The molecule has 1 heterocycles. The first-order valence-electron chi connectivity index (χ1n) is 6.26. The van der Waals surface area contributed by atoms with E-state index < -0.39 is 26.8 Å². The number of nitrogens with zero attached hydrogens (tertiary/aromatic N) is 1. The maximum absolute atomic E-state index is 13.9. The van der Waals surface area contributed by atoms with E-state index in [9.17, 15) is 12.8 Å². The highest BCUT2D eigenvalue weighted by atomic mass is 32.2.